The van der Waals surface area contributed by atoms with Crippen LogP contribution < -0.4 is 0 Å². The summed E-state index contributed by atoms with van der Waals surface area (Å²) in [7, 11) is 0. The Morgan fingerprint density at radius 2 is 0.854 bits per heavy atom. The second-order valence-electron chi connectivity index (χ2n) is 15.3. The lowest BCUT2D eigenvalue weighted by Gasteiger charge is -2.37. The predicted molar refractivity (Wildman–Crippen MR) is 179 cm³/mol. The molecule has 0 radical (unpaired) electrons. The molecule has 0 aromatic heterocycles. The summed E-state index contributed by atoms with van der Waals surface area (Å²) in [6.45, 7) is 27.9. The Morgan fingerprint density at radius 3 is 1.17 bits per heavy atom. The van der Waals surface area contributed by atoms with E-state index in [4.69, 9.17) is 0 Å². The van der Waals surface area contributed by atoms with Gasteiger partial charge in [-0.15, -0.1) is 0 Å². The zero-order valence-electron chi connectivity index (χ0n) is 27.6. The quantitative estimate of drug-likeness (QED) is 0.212. The molecule has 1 aliphatic rings. The highest BCUT2D eigenvalue weighted by Gasteiger charge is 2.47. The maximum Gasteiger partial charge on any atom is 0.0714 e. The van der Waals surface area contributed by atoms with Crippen molar-refractivity contribution in [3.63, 3.8) is 0 Å². The molecule has 0 bridgehead atoms. The van der Waals surface area contributed by atoms with E-state index in [2.05, 4.69) is 156 Å². The molecule has 0 atom stereocenters. The van der Waals surface area contributed by atoms with E-state index >= 15 is 0 Å². The number of benzene rings is 4. The number of aryl methyl sites for hydroxylation is 2. The van der Waals surface area contributed by atoms with Gasteiger partial charge >= 0.3 is 0 Å². The maximum absolute atomic E-state index is 2.54. The minimum Gasteiger partial charge on any atom is -0.0587 e. The van der Waals surface area contributed by atoms with Crippen molar-refractivity contribution in [2.75, 3.05) is 0 Å². The summed E-state index contributed by atoms with van der Waals surface area (Å²) in [5.41, 5.74) is 16.3. The zero-order chi connectivity index (χ0) is 30.1. The first-order valence-corrected chi connectivity index (χ1v) is 15.6. The first-order valence-electron chi connectivity index (χ1n) is 15.6. The third-order valence-corrected chi connectivity index (χ3v) is 9.29. The van der Waals surface area contributed by atoms with Crippen molar-refractivity contribution < 1.29 is 0 Å². The average molecular weight is 543 g/mol. The molecule has 4 aromatic carbocycles. The second-order valence-corrected chi connectivity index (χ2v) is 15.3. The van der Waals surface area contributed by atoms with Gasteiger partial charge in [0.2, 0.25) is 0 Å². The van der Waals surface area contributed by atoms with Gasteiger partial charge in [-0.1, -0.05) is 153 Å². The summed E-state index contributed by atoms with van der Waals surface area (Å²) in [5, 5.41) is 0. The summed E-state index contributed by atoms with van der Waals surface area (Å²) in [6, 6.07) is 29.3. The highest BCUT2D eigenvalue weighted by Crippen LogP contribution is 2.57. The number of fused-ring (bicyclic) bond motifs is 3. The topological polar surface area (TPSA) is 0 Å². The number of rotatable bonds is 4. The number of hydrogen-bond acceptors (Lipinski definition) is 0. The van der Waals surface area contributed by atoms with Crippen molar-refractivity contribution in [3.8, 4) is 11.1 Å². The van der Waals surface area contributed by atoms with Gasteiger partial charge < -0.3 is 0 Å². The van der Waals surface area contributed by atoms with Gasteiger partial charge in [-0.25, -0.2) is 0 Å². The average Bonchev–Trinajstić information content (AvgIpc) is 3.16. The lowest BCUT2D eigenvalue weighted by atomic mass is 9.64. The van der Waals surface area contributed by atoms with E-state index in [1.165, 1.54) is 66.8 Å². The normalized spacial score (nSPS) is 14.5. The predicted octanol–water partition coefficient (Wildman–Crippen LogP) is 11.5. The van der Waals surface area contributed by atoms with Crippen molar-refractivity contribution in [2.24, 2.45) is 0 Å². The van der Waals surface area contributed by atoms with Crippen molar-refractivity contribution in [3.05, 3.63) is 128 Å². The molecule has 0 saturated carbocycles. The zero-order valence-corrected chi connectivity index (χ0v) is 27.6. The lowest BCUT2D eigenvalue weighted by molar-refractivity contribution is 0.582. The first-order chi connectivity index (χ1) is 19.0. The minimum atomic E-state index is -0.404. The molecule has 0 heterocycles. The molecule has 41 heavy (non-hydrogen) atoms. The number of hydrogen-bond donors (Lipinski definition) is 0. The van der Waals surface area contributed by atoms with Crippen LogP contribution in [0, 0.1) is 13.8 Å². The third-order valence-electron chi connectivity index (χ3n) is 9.29. The standard InChI is InChI=1S/C41H50/c1-25(2)29-19-31(39(7,8)9)23-33(21-29)41(34-22-30(26(3)4)20-32(24-34)40(10,11)12)37-17-27(5)13-15-35(37)36-16-14-28(6)18-38(36)41/h13-26H,1-12H3. The van der Waals surface area contributed by atoms with Crippen molar-refractivity contribution >= 4 is 0 Å². The molecule has 0 heteroatoms. The molecular weight excluding hydrogens is 492 g/mol. The SMILES string of the molecule is Cc1ccc2c(c1)C(c1cc(C(C)C)cc(C(C)(C)C)c1)(c1cc(C(C)C)cc(C(C)(C)C)c1)c1cc(C)ccc1-2. The Morgan fingerprint density at radius 1 is 0.488 bits per heavy atom. The van der Waals surface area contributed by atoms with Gasteiger partial charge in [-0.05, 0) is 92.1 Å². The summed E-state index contributed by atoms with van der Waals surface area (Å²) >= 11 is 0. The van der Waals surface area contributed by atoms with Crippen LogP contribution in [-0.2, 0) is 16.2 Å². The van der Waals surface area contributed by atoms with Gasteiger partial charge in [0, 0.05) is 0 Å². The van der Waals surface area contributed by atoms with Crippen LogP contribution in [0.25, 0.3) is 11.1 Å². The summed E-state index contributed by atoms with van der Waals surface area (Å²) in [5.74, 6) is 0.881. The van der Waals surface area contributed by atoms with Crippen molar-refractivity contribution in [1.29, 1.82) is 0 Å². The van der Waals surface area contributed by atoms with E-state index < -0.39 is 5.41 Å². The van der Waals surface area contributed by atoms with Crippen LogP contribution in [0.1, 0.15) is 137 Å². The fraction of sp³-hybridized carbons (Fsp3) is 0.415. The van der Waals surface area contributed by atoms with Crippen LogP contribution in [0.5, 0.6) is 0 Å². The van der Waals surface area contributed by atoms with Gasteiger partial charge in [0.05, 0.1) is 5.41 Å². The van der Waals surface area contributed by atoms with E-state index in [1.54, 1.807) is 0 Å². The minimum absolute atomic E-state index is 0.0423. The van der Waals surface area contributed by atoms with Crippen LogP contribution in [-0.4, -0.2) is 0 Å². The largest absolute Gasteiger partial charge is 0.0714 e. The summed E-state index contributed by atoms with van der Waals surface area (Å²) < 4.78 is 0. The Hall–Kier alpha value is -3.12. The highest BCUT2D eigenvalue weighted by atomic mass is 14.5. The molecule has 214 valence electrons. The molecule has 5 rings (SSSR count). The second kappa shape index (κ2) is 10.0. The molecule has 0 nitrogen and oxygen atoms in total. The van der Waals surface area contributed by atoms with Crippen molar-refractivity contribution in [1.82, 2.24) is 0 Å². The fourth-order valence-corrected chi connectivity index (χ4v) is 6.61. The van der Waals surface area contributed by atoms with Gasteiger partial charge in [0.1, 0.15) is 0 Å². The molecule has 4 aromatic rings. The lowest BCUT2D eigenvalue weighted by Crippen LogP contribution is -2.31. The van der Waals surface area contributed by atoms with Gasteiger partial charge in [0.15, 0.2) is 0 Å². The van der Waals surface area contributed by atoms with Gasteiger partial charge in [0.25, 0.3) is 0 Å². The third kappa shape index (κ3) is 4.98. The van der Waals surface area contributed by atoms with Crippen LogP contribution in [0.3, 0.4) is 0 Å². The molecule has 0 aliphatic heterocycles. The fourth-order valence-electron chi connectivity index (χ4n) is 6.61. The van der Waals surface area contributed by atoms with E-state index in [-0.39, 0.29) is 10.8 Å². The molecule has 0 amide bonds. The summed E-state index contributed by atoms with van der Waals surface area (Å²) in [6.07, 6.45) is 0. The molecule has 0 spiro atoms. The summed E-state index contributed by atoms with van der Waals surface area (Å²) in [4.78, 5) is 0. The molecule has 0 saturated heterocycles. The van der Waals surface area contributed by atoms with E-state index in [0.717, 1.165) is 0 Å². The van der Waals surface area contributed by atoms with Crippen LogP contribution >= 0.6 is 0 Å². The monoisotopic (exact) mass is 542 g/mol. The Balaban J connectivity index is 2.05. The van der Waals surface area contributed by atoms with Crippen LogP contribution in [0.15, 0.2) is 72.8 Å². The van der Waals surface area contributed by atoms with E-state index in [0.29, 0.717) is 11.8 Å². The molecule has 0 N–H and O–H groups in total. The van der Waals surface area contributed by atoms with Gasteiger partial charge in [-0.3, -0.25) is 0 Å². The molecular formula is C41H50. The van der Waals surface area contributed by atoms with Crippen LogP contribution in [0.4, 0.5) is 0 Å². The molecule has 1 aliphatic carbocycles. The smallest absolute Gasteiger partial charge is 0.0587 e. The first kappa shape index (κ1) is 29.4. The highest BCUT2D eigenvalue weighted by molar-refractivity contribution is 5.87. The Labute approximate surface area is 250 Å². The van der Waals surface area contributed by atoms with Gasteiger partial charge in [-0.2, -0.15) is 0 Å². The molecule has 0 fully saturated rings. The Bertz CT molecular complexity index is 1490. The van der Waals surface area contributed by atoms with Crippen LogP contribution in [0.2, 0.25) is 0 Å². The maximum atomic E-state index is 2.54. The molecule has 0 unspecified atom stereocenters. The Kier molecular flexibility index (Phi) is 7.17. The van der Waals surface area contributed by atoms with E-state index in [9.17, 15) is 0 Å². The van der Waals surface area contributed by atoms with Crippen molar-refractivity contribution in [2.45, 2.75) is 111 Å². The van der Waals surface area contributed by atoms with E-state index in [1.807, 2.05) is 0 Å².